The summed E-state index contributed by atoms with van der Waals surface area (Å²) in [6, 6.07) is 5.70. The Morgan fingerprint density at radius 2 is 1.90 bits per heavy atom. The fourth-order valence-corrected chi connectivity index (χ4v) is 2.27. The lowest BCUT2D eigenvalue weighted by Gasteiger charge is -2.21. The van der Waals surface area contributed by atoms with E-state index in [9.17, 15) is 13.6 Å². The Morgan fingerprint density at radius 3 is 2.38 bits per heavy atom. The van der Waals surface area contributed by atoms with Gasteiger partial charge in [0.05, 0.1) is 0 Å². The van der Waals surface area contributed by atoms with Crippen molar-refractivity contribution in [1.82, 2.24) is 5.32 Å². The van der Waals surface area contributed by atoms with Gasteiger partial charge in [0.1, 0.15) is 0 Å². The fraction of sp³-hybridized carbons (Fsp3) is 0.500. The molecular weight excluding hydrogens is 298 g/mol. The van der Waals surface area contributed by atoms with Crippen molar-refractivity contribution < 1.29 is 18.7 Å². The van der Waals surface area contributed by atoms with Crippen LogP contribution in [0.25, 0.3) is 0 Å². The van der Waals surface area contributed by atoms with E-state index in [1.807, 2.05) is 13.8 Å². The second kappa shape index (κ2) is 8.84. The highest BCUT2D eigenvalue weighted by atomic mass is 32.2. The summed E-state index contributed by atoms with van der Waals surface area (Å²) in [5.41, 5.74) is 0.526. The van der Waals surface area contributed by atoms with Gasteiger partial charge in [-0.25, -0.2) is 4.79 Å². The number of halogens is 2. The Morgan fingerprint density at radius 1 is 1.29 bits per heavy atom. The van der Waals surface area contributed by atoms with Crippen molar-refractivity contribution in [1.29, 1.82) is 0 Å². The molecule has 0 fully saturated rings. The molecule has 0 saturated heterocycles. The average Bonchev–Trinajstić information content (AvgIpc) is 2.40. The molecule has 0 spiro atoms. The van der Waals surface area contributed by atoms with Crippen LogP contribution in [0, 0.1) is 5.92 Å². The van der Waals surface area contributed by atoms with Crippen molar-refractivity contribution in [2.24, 2.45) is 5.92 Å². The molecule has 0 bridgehead atoms. The summed E-state index contributed by atoms with van der Waals surface area (Å²) in [5.74, 6) is -2.26. The molecule has 0 aliphatic heterocycles. The molecule has 1 unspecified atom stereocenters. The third-order valence-corrected chi connectivity index (χ3v) is 3.62. The zero-order valence-corrected chi connectivity index (χ0v) is 12.8. The van der Waals surface area contributed by atoms with Gasteiger partial charge in [-0.3, -0.25) is 0 Å². The van der Waals surface area contributed by atoms with Crippen LogP contribution in [0.1, 0.15) is 20.3 Å². The second-order valence-electron chi connectivity index (χ2n) is 4.86. The largest absolute Gasteiger partial charge is 0.396 e. The summed E-state index contributed by atoms with van der Waals surface area (Å²) >= 11 is 0.458. The molecule has 3 N–H and O–H groups in total. The standard InChI is InChI=1S/C14H20F2N2O2S/c1-9(2)12(7-8-19)18-14(20)17-10-3-5-11(6-4-10)21-13(15)16/h3-6,9,12-13,19H,7-8H2,1-2H3,(H2,17,18,20). The highest BCUT2D eigenvalue weighted by Gasteiger charge is 2.15. The number of hydrogen-bond acceptors (Lipinski definition) is 3. The molecule has 0 aliphatic rings. The van der Waals surface area contributed by atoms with Crippen LogP contribution < -0.4 is 10.6 Å². The minimum absolute atomic E-state index is 0.00265. The summed E-state index contributed by atoms with van der Waals surface area (Å²) in [4.78, 5) is 12.3. The van der Waals surface area contributed by atoms with E-state index in [1.165, 1.54) is 12.1 Å². The number of carbonyl (C=O) groups is 1. The summed E-state index contributed by atoms with van der Waals surface area (Å²) < 4.78 is 24.4. The Kier molecular flexibility index (Phi) is 7.45. The number of nitrogens with one attached hydrogen (secondary N) is 2. The lowest BCUT2D eigenvalue weighted by Crippen LogP contribution is -2.41. The molecule has 0 heterocycles. The summed E-state index contributed by atoms with van der Waals surface area (Å²) in [7, 11) is 0. The van der Waals surface area contributed by atoms with Gasteiger partial charge in [-0.1, -0.05) is 25.6 Å². The number of amides is 2. The lowest BCUT2D eigenvalue weighted by molar-refractivity contribution is 0.227. The Hall–Kier alpha value is -1.34. The van der Waals surface area contributed by atoms with Gasteiger partial charge in [0.25, 0.3) is 5.76 Å². The minimum atomic E-state index is -2.46. The SMILES string of the molecule is CC(C)C(CCO)NC(=O)Nc1ccc(SC(F)F)cc1. The molecular formula is C14H20F2N2O2S. The fourth-order valence-electron chi connectivity index (χ4n) is 1.77. The van der Waals surface area contributed by atoms with Crippen LogP contribution in [-0.4, -0.2) is 29.5 Å². The van der Waals surface area contributed by atoms with E-state index in [0.29, 0.717) is 28.8 Å². The number of aliphatic hydroxyl groups is 1. The molecule has 0 aliphatic carbocycles. The predicted octanol–water partition coefficient (Wildman–Crippen LogP) is 3.53. The molecule has 118 valence electrons. The zero-order chi connectivity index (χ0) is 15.8. The maximum Gasteiger partial charge on any atom is 0.319 e. The first kappa shape index (κ1) is 17.7. The van der Waals surface area contributed by atoms with E-state index in [2.05, 4.69) is 10.6 Å². The molecule has 1 rings (SSSR count). The first-order valence-electron chi connectivity index (χ1n) is 6.65. The van der Waals surface area contributed by atoms with Crippen LogP contribution in [0.3, 0.4) is 0 Å². The van der Waals surface area contributed by atoms with Gasteiger partial charge in [-0.15, -0.1) is 0 Å². The first-order chi connectivity index (χ1) is 9.92. The monoisotopic (exact) mass is 318 g/mol. The Balaban J connectivity index is 2.54. The van der Waals surface area contributed by atoms with E-state index in [1.54, 1.807) is 12.1 Å². The molecule has 2 amide bonds. The van der Waals surface area contributed by atoms with E-state index < -0.39 is 5.76 Å². The summed E-state index contributed by atoms with van der Waals surface area (Å²) in [6.07, 6.45) is 0.481. The average molecular weight is 318 g/mol. The molecule has 4 nitrogen and oxygen atoms in total. The molecule has 7 heteroatoms. The highest BCUT2D eigenvalue weighted by Crippen LogP contribution is 2.26. The minimum Gasteiger partial charge on any atom is -0.396 e. The second-order valence-corrected chi connectivity index (χ2v) is 5.93. The van der Waals surface area contributed by atoms with Gasteiger partial charge in [-0.05, 0) is 36.6 Å². The van der Waals surface area contributed by atoms with Crippen molar-refractivity contribution in [2.75, 3.05) is 11.9 Å². The number of hydrogen-bond donors (Lipinski definition) is 3. The number of carbonyl (C=O) groups excluding carboxylic acids is 1. The van der Waals surface area contributed by atoms with Crippen LogP contribution in [0.2, 0.25) is 0 Å². The third kappa shape index (κ3) is 6.77. The summed E-state index contributed by atoms with van der Waals surface area (Å²) in [6.45, 7) is 3.91. The van der Waals surface area contributed by atoms with Gasteiger partial charge in [0, 0.05) is 23.2 Å². The van der Waals surface area contributed by atoms with Gasteiger partial charge in [0.2, 0.25) is 0 Å². The Bertz CT molecular complexity index is 441. The number of anilines is 1. The smallest absolute Gasteiger partial charge is 0.319 e. The van der Waals surface area contributed by atoms with Crippen molar-refractivity contribution in [3.63, 3.8) is 0 Å². The van der Waals surface area contributed by atoms with E-state index in [-0.39, 0.29) is 24.6 Å². The van der Waals surface area contributed by atoms with Crippen LogP contribution in [0.15, 0.2) is 29.2 Å². The number of alkyl halides is 2. The van der Waals surface area contributed by atoms with Gasteiger partial charge in [-0.2, -0.15) is 8.78 Å². The van der Waals surface area contributed by atoms with Crippen molar-refractivity contribution in [2.45, 2.75) is 37.0 Å². The van der Waals surface area contributed by atoms with E-state index >= 15 is 0 Å². The van der Waals surface area contributed by atoms with E-state index in [4.69, 9.17) is 5.11 Å². The molecule has 0 aromatic heterocycles. The Labute approximate surface area is 127 Å². The topological polar surface area (TPSA) is 61.4 Å². The third-order valence-electron chi connectivity index (χ3n) is 2.90. The number of benzene rings is 1. The normalized spacial score (nSPS) is 12.5. The van der Waals surface area contributed by atoms with Crippen LogP contribution >= 0.6 is 11.8 Å². The predicted molar refractivity (Wildman–Crippen MR) is 80.8 cm³/mol. The van der Waals surface area contributed by atoms with Crippen molar-refractivity contribution in [3.8, 4) is 0 Å². The quantitative estimate of drug-likeness (QED) is 0.674. The molecule has 21 heavy (non-hydrogen) atoms. The number of rotatable bonds is 7. The summed E-state index contributed by atoms with van der Waals surface area (Å²) in [5, 5.41) is 14.4. The first-order valence-corrected chi connectivity index (χ1v) is 7.53. The highest BCUT2D eigenvalue weighted by molar-refractivity contribution is 7.99. The van der Waals surface area contributed by atoms with Crippen molar-refractivity contribution >= 4 is 23.5 Å². The maximum absolute atomic E-state index is 12.2. The number of urea groups is 1. The molecule has 0 radical (unpaired) electrons. The molecule has 1 atom stereocenters. The van der Waals surface area contributed by atoms with Crippen LogP contribution in [0.5, 0.6) is 0 Å². The van der Waals surface area contributed by atoms with Gasteiger partial charge < -0.3 is 15.7 Å². The molecule has 0 saturated carbocycles. The maximum atomic E-state index is 12.2. The molecule has 1 aromatic carbocycles. The number of thioether (sulfide) groups is 1. The van der Waals surface area contributed by atoms with Gasteiger partial charge >= 0.3 is 6.03 Å². The number of aliphatic hydroxyl groups excluding tert-OH is 1. The van der Waals surface area contributed by atoms with E-state index in [0.717, 1.165) is 0 Å². The lowest BCUT2D eigenvalue weighted by atomic mass is 10.0. The molecule has 1 aromatic rings. The zero-order valence-electron chi connectivity index (χ0n) is 12.0. The van der Waals surface area contributed by atoms with Crippen molar-refractivity contribution in [3.05, 3.63) is 24.3 Å². The van der Waals surface area contributed by atoms with Crippen LogP contribution in [0.4, 0.5) is 19.3 Å². The van der Waals surface area contributed by atoms with Gasteiger partial charge in [0.15, 0.2) is 0 Å². The van der Waals surface area contributed by atoms with Crippen LogP contribution in [-0.2, 0) is 0 Å².